The molecule has 1 aromatic carbocycles. The zero-order valence-corrected chi connectivity index (χ0v) is 14.2. The van der Waals surface area contributed by atoms with E-state index in [4.69, 9.17) is 21.1 Å². The van der Waals surface area contributed by atoms with Crippen molar-refractivity contribution in [2.45, 2.75) is 37.9 Å². The number of rotatable bonds is 2. The number of amides is 2. The highest BCUT2D eigenvalue weighted by Crippen LogP contribution is 2.35. The highest BCUT2D eigenvalue weighted by Gasteiger charge is 2.56. The lowest BCUT2D eigenvalue weighted by atomic mass is 10.1. The van der Waals surface area contributed by atoms with Crippen LogP contribution in [0.15, 0.2) is 12.1 Å². The number of thiol groups is 1. The van der Waals surface area contributed by atoms with Gasteiger partial charge in [0.05, 0.1) is 10.7 Å². The quantitative estimate of drug-likeness (QED) is 0.608. The van der Waals surface area contributed by atoms with Gasteiger partial charge < -0.3 is 14.8 Å². The molecule has 0 aliphatic carbocycles. The van der Waals surface area contributed by atoms with Crippen LogP contribution in [-0.2, 0) is 19.1 Å². The second-order valence-electron chi connectivity index (χ2n) is 5.87. The topological polar surface area (TPSA) is 67.9 Å². The summed E-state index contributed by atoms with van der Waals surface area (Å²) in [5.41, 5.74) is -0.342. The van der Waals surface area contributed by atoms with E-state index in [2.05, 4.69) is 18.1 Å². The van der Waals surface area contributed by atoms with Gasteiger partial charge in [0.2, 0.25) is 0 Å². The Labute approximate surface area is 146 Å². The Kier molecular flexibility index (Phi) is 4.23. The Morgan fingerprint density at radius 1 is 1.33 bits per heavy atom. The van der Waals surface area contributed by atoms with Crippen molar-refractivity contribution >= 4 is 41.9 Å². The highest BCUT2D eigenvalue weighted by atomic mass is 35.5. The fraction of sp³-hybridized carbons (Fsp3) is 0.429. The Morgan fingerprint density at radius 3 is 2.67 bits per heavy atom. The van der Waals surface area contributed by atoms with Crippen LogP contribution in [0.4, 0.5) is 14.5 Å². The Bertz CT molecular complexity index is 733. The summed E-state index contributed by atoms with van der Waals surface area (Å²) >= 11 is 9.57. The smallest absolute Gasteiger partial charge is 0.262 e. The van der Waals surface area contributed by atoms with Crippen molar-refractivity contribution in [2.75, 3.05) is 4.31 Å². The monoisotopic (exact) mass is 378 g/mol. The van der Waals surface area contributed by atoms with Crippen molar-refractivity contribution in [1.29, 1.82) is 0 Å². The Balaban J connectivity index is 1.87. The van der Waals surface area contributed by atoms with Gasteiger partial charge in [0, 0.05) is 6.07 Å². The maximum atomic E-state index is 13.9. The van der Waals surface area contributed by atoms with E-state index >= 15 is 0 Å². The first-order valence-electron chi connectivity index (χ1n) is 6.94. The van der Waals surface area contributed by atoms with Crippen molar-refractivity contribution in [3.63, 3.8) is 0 Å². The zero-order chi connectivity index (χ0) is 17.8. The molecule has 130 valence electrons. The molecule has 3 atom stereocenters. The minimum absolute atomic E-state index is 0.342. The molecule has 1 aromatic rings. The Hall–Kier alpha value is -1.42. The molecule has 0 radical (unpaired) electrons. The molecular formula is C14H13ClF2N2O4S. The summed E-state index contributed by atoms with van der Waals surface area (Å²) in [5.74, 6) is -4.29. The predicted octanol–water partition coefficient (Wildman–Crippen LogP) is 1.81. The minimum atomic E-state index is -1.12. The third-order valence-corrected chi connectivity index (χ3v) is 4.41. The van der Waals surface area contributed by atoms with E-state index < -0.39 is 47.5 Å². The normalized spacial score (nSPS) is 27.8. The number of halogens is 3. The molecule has 2 saturated heterocycles. The number of anilines is 1. The van der Waals surface area contributed by atoms with Crippen molar-refractivity contribution in [3.8, 4) is 0 Å². The van der Waals surface area contributed by atoms with Gasteiger partial charge in [-0.25, -0.2) is 8.78 Å². The van der Waals surface area contributed by atoms with Gasteiger partial charge in [-0.05, 0) is 19.9 Å². The summed E-state index contributed by atoms with van der Waals surface area (Å²) in [7, 11) is 0. The third kappa shape index (κ3) is 2.85. The van der Waals surface area contributed by atoms with Gasteiger partial charge in [0.15, 0.2) is 17.7 Å². The number of fused-ring (bicyclic) bond motifs is 1. The van der Waals surface area contributed by atoms with Crippen LogP contribution < -0.4 is 9.62 Å². The number of hydrogen-bond donors (Lipinski definition) is 2. The first-order chi connectivity index (χ1) is 11.1. The zero-order valence-electron chi connectivity index (χ0n) is 12.5. The van der Waals surface area contributed by atoms with E-state index in [0.29, 0.717) is 10.4 Å². The lowest BCUT2D eigenvalue weighted by Gasteiger charge is -2.25. The number of ether oxygens (including phenoxy) is 2. The third-order valence-electron chi connectivity index (χ3n) is 3.71. The molecule has 10 heteroatoms. The number of nitrogens with zero attached hydrogens (tertiary/aromatic N) is 1. The van der Waals surface area contributed by atoms with E-state index in [-0.39, 0.29) is 10.7 Å². The first-order valence-corrected chi connectivity index (χ1v) is 7.72. The molecule has 2 fully saturated rings. The lowest BCUT2D eigenvalue weighted by Crippen LogP contribution is -2.47. The predicted molar refractivity (Wildman–Crippen MR) is 83.6 cm³/mol. The molecule has 24 heavy (non-hydrogen) atoms. The van der Waals surface area contributed by atoms with Crippen molar-refractivity contribution in [3.05, 3.63) is 28.8 Å². The largest absolute Gasteiger partial charge is 0.341 e. The SMILES string of the molecule is CC1(C)O[C@@H]2C(=O)NC(C(=O)N(S)c3cc(Cl)c(F)cc3F)[C@@H]2O1. The van der Waals surface area contributed by atoms with E-state index in [1.54, 1.807) is 13.8 Å². The molecule has 0 bridgehead atoms. The van der Waals surface area contributed by atoms with Crippen LogP contribution >= 0.6 is 24.4 Å². The molecule has 2 heterocycles. The van der Waals surface area contributed by atoms with Crippen LogP contribution in [0.5, 0.6) is 0 Å². The average Bonchev–Trinajstić information content (AvgIpc) is 2.96. The van der Waals surface area contributed by atoms with Crippen LogP contribution in [0.1, 0.15) is 13.8 Å². The van der Waals surface area contributed by atoms with Crippen LogP contribution in [0.2, 0.25) is 5.02 Å². The molecular weight excluding hydrogens is 366 g/mol. The number of carbonyl (C=O) groups excluding carboxylic acids is 2. The van der Waals surface area contributed by atoms with E-state index in [0.717, 1.165) is 6.07 Å². The van der Waals surface area contributed by atoms with Gasteiger partial charge in [-0.2, -0.15) is 0 Å². The summed E-state index contributed by atoms with van der Waals surface area (Å²) in [4.78, 5) is 24.5. The fourth-order valence-electron chi connectivity index (χ4n) is 2.68. The van der Waals surface area contributed by atoms with Crippen LogP contribution in [0.3, 0.4) is 0 Å². The summed E-state index contributed by atoms with van der Waals surface area (Å²) in [5, 5.41) is 2.06. The molecule has 2 aliphatic heterocycles. The maximum absolute atomic E-state index is 13.9. The van der Waals surface area contributed by atoms with Gasteiger partial charge in [-0.3, -0.25) is 13.9 Å². The molecule has 6 nitrogen and oxygen atoms in total. The van der Waals surface area contributed by atoms with Crippen molar-refractivity contribution in [2.24, 2.45) is 0 Å². The molecule has 1 N–H and O–H groups in total. The summed E-state index contributed by atoms with van der Waals surface area (Å²) in [6.45, 7) is 3.22. The van der Waals surface area contributed by atoms with Crippen LogP contribution in [0, 0.1) is 11.6 Å². The molecule has 3 rings (SSSR count). The van der Waals surface area contributed by atoms with Gasteiger partial charge in [-0.1, -0.05) is 24.4 Å². The summed E-state index contributed by atoms with van der Waals surface area (Å²) in [6, 6.07) is 0.356. The second kappa shape index (κ2) is 5.83. The first kappa shape index (κ1) is 17.4. The number of carbonyl (C=O) groups is 2. The van der Waals surface area contributed by atoms with E-state index in [1.165, 1.54) is 0 Å². The van der Waals surface area contributed by atoms with E-state index in [9.17, 15) is 18.4 Å². The standard InChI is InChI=1S/C14H13ClF2N2O4S/c1-14(2)22-10-9(18-12(20)11(10)23-14)13(21)19(24)8-3-5(15)6(16)4-7(8)17/h3-4,9-11,24H,1-2H3,(H,18,20)/t9?,10-,11-/m0/s1. The van der Waals surface area contributed by atoms with Gasteiger partial charge in [-0.15, -0.1) is 0 Å². The number of hydrogen-bond acceptors (Lipinski definition) is 5. The molecule has 0 spiro atoms. The second-order valence-corrected chi connectivity index (χ2v) is 6.68. The van der Waals surface area contributed by atoms with Gasteiger partial charge in [0.25, 0.3) is 11.8 Å². The van der Waals surface area contributed by atoms with Crippen LogP contribution in [0.25, 0.3) is 0 Å². The molecule has 2 aliphatic rings. The summed E-state index contributed by atoms with van der Waals surface area (Å²) in [6.07, 6.45) is -1.83. The van der Waals surface area contributed by atoms with E-state index in [1.807, 2.05) is 0 Å². The van der Waals surface area contributed by atoms with Gasteiger partial charge >= 0.3 is 0 Å². The number of benzene rings is 1. The average molecular weight is 379 g/mol. The van der Waals surface area contributed by atoms with Crippen molar-refractivity contribution in [1.82, 2.24) is 5.32 Å². The number of nitrogens with one attached hydrogen (secondary N) is 1. The molecule has 2 amide bonds. The molecule has 0 saturated carbocycles. The van der Waals surface area contributed by atoms with Crippen molar-refractivity contribution < 1.29 is 27.8 Å². The van der Waals surface area contributed by atoms with Gasteiger partial charge in [0.1, 0.15) is 18.0 Å². The summed E-state index contributed by atoms with van der Waals surface area (Å²) < 4.78 is 38.8. The maximum Gasteiger partial charge on any atom is 0.262 e. The fourth-order valence-corrected chi connectivity index (χ4v) is 3.12. The molecule has 1 unspecified atom stereocenters. The Morgan fingerprint density at radius 2 is 2.00 bits per heavy atom. The molecule has 0 aromatic heterocycles. The van der Waals surface area contributed by atoms with Crippen LogP contribution in [-0.4, -0.2) is 35.9 Å². The lowest BCUT2D eigenvalue weighted by molar-refractivity contribution is -0.163. The minimum Gasteiger partial charge on any atom is -0.341 e. The highest BCUT2D eigenvalue weighted by molar-refractivity contribution is 7.82.